The maximum Gasteiger partial charge on any atom is 0.0767 e. The summed E-state index contributed by atoms with van der Waals surface area (Å²) in [5.74, 6) is 0. The minimum absolute atomic E-state index is 0.786. The molecule has 21 heavy (non-hydrogen) atoms. The Morgan fingerprint density at radius 1 is 1.10 bits per heavy atom. The standard InChI is InChI=1S/C17H24BrN3/c1-5-12-9-8-10-13(6-2)17(12)19-11-15-16(18)14(7-3)20-21(15)4/h8-10,19H,5-7,11H2,1-4H3. The van der Waals surface area contributed by atoms with E-state index in [1.54, 1.807) is 0 Å². The summed E-state index contributed by atoms with van der Waals surface area (Å²) in [6, 6.07) is 6.56. The van der Waals surface area contributed by atoms with Crippen LogP contribution in [0, 0.1) is 0 Å². The van der Waals surface area contributed by atoms with Gasteiger partial charge in [0.2, 0.25) is 0 Å². The highest BCUT2D eigenvalue weighted by atomic mass is 79.9. The predicted molar refractivity (Wildman–Crippen MR) is 92.8 cm³/mol. The zero-order chi connectivity index (χ0) is 15.4. The summed E-state index contributed by atoms with van der Waals surface area (Å²) >= 11 is 3.68. The van der Waals surface area contributed by atoms with Crippen molar-refractivity contribution in [2.75, 3.05) is 5.32 Å². The van der Waals surface area contributed by atoms with E-state index in [-0.39, 0.29) is 0 Å². The molecule has 0 saturated carbocycles. The molecule has 0 aliphatic rings. The number of para-hydroxylation sites is 1. The number of nitrogens with zero attached hydrogens (tertiary/aromatic N) is 2. The van der Waals surface area contributed by atoms with Crippen LogP contribution in [-0.4, -0.2) is 9.78 Å². The Bertz CT molecular complexity index is 594. The van der Waals surface area contributed by atoms with Gasteiger partial charge in [0.05, 0.1) is 22.4 Å². The molecule has 0 bridgehead atoms. The van der Waals surface area contributed by atoms with Crippen LogP contribution >= 0.6 is 15.9 Å². The lowest BCUT2D eigenvalue weighted by atomic mass is 10.0. The normalized spacial score (nSPS) is 10.9. The molecule has 0 unspecified atom stereocenters. The van der Waals surface area contributed by atoms with E-state index in [4.69, 9.17) is 0 Å². The maximum absolute atomic E-state index is 4.56. The van der Waals surface area contributed by atoms with E-state index >= 15 is 0 Å². The molecule has 0 radical (unpaired) electrons. The van der Waals surface area contributed by atoms with Gasteiger partial charge in [-0.2, -0.15) is 5.10 Å². The third kappa shape index (κ3) is 3.31. The van der Waals surface area contributed by atoms with Crippen molar-refractivity contribution in [1.29, 1.82) is 0 Å². The fourth-order valence-electron chi connectivity index (χ4n) is 2.65. The van der Waals surface area contributed by atoms with Crippen LogP contribution < -0.4 is 5.32 Å². The first-order valence-electron chi connectivity index (χ1n) is 7.67. The maximum atomic E-state index is 4.56. The number of aromatic nitrogens is 2. The van der Waals surface area contributed by atoms with Crippen LogP contribution in [0.1, 0.15) is 43.3 Å². The lowest BCUT2D eigenvalue weighted by Crippen LogP contribution is -2.09. The Balaban J connectivity index is 2.26. The van der Waals surface area contributed by atoms with Crippen molar-refractivity contribution in [2.24, 2.45) is 7.05 Å². The molecule has 3 nitrogen and oxygen atoms in total. The second-order valence-corrected chi connectivity index (χ2v) is 5.99. The first-order chi connectivity index (χ1) is 10.1. The quantitative estimate of drug-likeness (QED) is 0.832. The van der Waals surface area contributed by atoms with Gasteiger partial charge in [-0.3, -0.25) is 4.68 Å². The van der Waals surface area contributed by atoms with Crippen molar-refractivity contribution in [3.63, 3.8) is 0 Å². The third-order valence-electron chi connectivity index (χ3n) is 3.93. The highest BCUT2D eigenvalue weighted by Gasteiger charge is 2.13. The molecule has 1 heterocycles. The van der Waals surface area contributed by atoms with E-state index in [0.717, 1.165) is 36.0 Å². The summed E-state index contributed by atoms with van der Waals surface area (Å²) in [5, 5.41) is 8.18. The van der Waals surface area contributed by atoms with Crippen LogP contribution in [0.2, 0.25) is 0 Å². The van der Waals surface area contributed by atoms with Crippen molar-refractivity contribution in [3.8, 4) is 0 Å². The fourth-order valence-corrected chi connectivity index (χ4v) is 3.41. The Kier molecular flexibility index (Phi) is 5.45. The number of anilines is 1. The molecule has 1 aromatic heterocycles. The second-order valence-electron chi connectivity index (χ2n) is 5.20. The van der Waals surface area contributed by atoms with Gasteiger partial charge < -0.3 is 5.32 Å². The lowest BCUT2D eigenvalue weighted by Gasteiger charge is -2.15. The molecule has 0 spiro atoms. The Hall–Kier alpha value is -1.29. The molecule has 0 atom stereocenters. The van der Waals surface area contributed by atoms with Crippen LogP contribution in [0.4, 0.5) is 5.69 Å². The monoisotopic (exact) mass is 349 g/mol. The highest BCUT2D eigenvalue weighted by Crippen LogP contribution is 2.26. The Morgan fingerprint density at radius 2 is 1.71 bits per heavy atom. The van der Waals surface area contributed by atoms with Gasteiger partial charge in [0.1, 0.15) is 0 Å². The highest BCUT2D eigenvalue weighted by molar-refractivity contribution is 9.10. The summed E-state index contributed by atoms with van der Waals surface area (Å²) in [6.07, 6.45) is 3.03. The van der Waals surface area contributed by atoms with E-state index in [9.17, 15) is 0 Å². The van der Waals surface area contributed by atoms with Crippen LogP contribution in [0.5, 0.6) is 0 Å². The summed E-state index contributed by atoms with van der Waals surface area (Å²) in [7, 11) is 2.01. The zero-order valence-corrected chi connectivity index (χ0v) is 14.9. The van der Waals surface area contributed by atoms with Gasteiger partial charge in [-0.15, -0.1) is 0 Å². The van der Waals surface area contributed by atoms with Crippen molar-refractivity contribution >= 4 is 21.6 Å². The first-order valence-corrected chi connectivity index (χ1v) is 8.46. The summed E-state index contributed by atoms with van der Waals surface area (Å²) in [4.78, 5) is 0. The van der Waals surface area contributed by atoms with E-state index in [1.807, 2.05) is 11.7 Å². The van der Waals surface area contributed by atoms with Crippen molar-refractivity contribution < 1.29 is 0 Å². The smallest absolute Gasteiger partial charge is 0.0767 e. The SMILES string of the molecule is CCc1cccc(CC)c1NCc1c(Br)c(CC)nn1C. The molecular formula is C17H24BrN3. The van der Waals surface area contributed by atoms with Crippen LogP contribution in [0.15, 0.2) is 22.7 Å². The summed E-state index contributed by atoms with van der Waals surface area (Å²) < 4.78 is 3.10. The van der Waals surface area contributed by atoms with Gasteiger partial charge in [0.15, 0.2) is 0 Å². The largest absolute Gasteiger partial charge is 0.379 e. The number of aryl methyl sites for hydroxylation is 4. The summed E-state index contributed by atoms with van der Waals surface area (Å²) in [5.41, 5.74) is 6.36. The van der Waals surface area contributed by atoms with Gasteiger partial charge in [0.25, 0.3) is 0 Å². The lowest BCUT2D eigenvalue weighted by molar-refractivity contribution is 0.706. The molecule has 1 N–H and O–H groups in total. The number of hydrogen-bond acceptors (Lipinski definition) is 2. The molecule has 2 rings (SSSR count). The molecule has 0 aliphatic heterocycles. The Labute approximate surface area is 135 Å². The van der Waals surface area contributed by atoms with Crippen LogP contribution in [0.3, 0.4) is 0 Å². The predicted octanol–water partition coefficient (Wildman–Crippen LogP) is 4.48. The van der Waals surface area contributed by atoms with Gasteiger partial charge in [-0.1, -0.05) is 39.0 Å². The van der Waals surface area contributed by atoms with E-state index < -0.39 is 0 Å². The summed E-state index contributed by atoms with van der Waals surface area (Å²) in [6.45, 7) is 7.32. The number of halogens is 1. The molecule has 114 valence electrons. The first kappa shape index (κ1) is 16.1. The molecule has 4 heteroatoms. The van der Waals surface area contributed by atoms with Crippen molar-refractivity contribution in [2.45, 2.75) is 46.6 Å². The van der Waals surface area contributed by atoms with Gasteiger partial charge >= 0.3 is 0 Å². The minimum Gasteiger partial charge on any atom is -0.379 e. The molecule has 0 saturated heterocycles. The molecule has 0 amide bonds. The number of benzene rings is 1. The van der Waals surface area contributed by atoms with Gasteiger partial charge in [-0.25, -0.2) is 0 Å². The van der Waals surface area contributed by atoms with Gasteiger partial charge in [0, 0.05) is 12.7 Å². The molecule has 0 fully saturated rings. The molecular weight excluding hydrogens is 326 g/mol. The number of hydrogen-bond donors (Lipinski definition) is 1. The van der Waals surface area contributed by atoms with Crippen LogP contribution in [0.25, 0.3) is 0 Å². The van der Waals surface area contributed by atoms with Crippen molar-refractivity contribution in [1.82, 2.24) is 9.78 Å². The topological polar surface area (TPSA) is 29.9 Å². The van der Waals surface area contributed by atoms with E-state index in [1.165, 1.54) is 22.5 Å². The van der Waals surface area contributed by atoms with E-state index in [2.05, 4.69) is 65.3 Å². The second kappa shape index (κ2) is 7.12. The number of rotatable bonds is 6. The third-order valence-corrected chi connectivity index (χ3v) is 4.85. The minimum atomic E-state index is 0.786. The Morgan fingerprint density at radius 3 is 2.19 bits per heavy atom. The van der Waals surface area contributed by atoms with Crippen molar-refractivity contribution in [3.05, 3.63) is 45.2 Å². The molecule has 1 aromatic carbocycles. The van der Waals surface area contributed by atoms with Gasteiger partial charge in [-0.05, 0) is 46.3 Å². The van der Waals surface area contributed by atoms with E-state index in [0.29, 0.717) is 0 Å². The fraction of sp³-hybridized carbons (Fsp3) is 0.471. The molecule has 2 aromatic rings. The average molecular weight is 350 g/mol. The zero-order valence-electron chi connectivity index (χ0n) is 13.3. The average Bonchev–Trinajstić information content (AvgIpc) is 2.78. The molecule has 0 aliphatic carbocycles. The van der Waals surface area contributed by atoms with Crippen LogP contribution in [-0.2, 0) is 32.9 Å². The number of nitrogens with one attached hydrogen (secondary N) is 1.